The van der Waals surface area contributed by atoms with E-state index in [1.807, 2.05) is 57.2 Å². The third-order valence-electron chi connectivity index (χ3n) is 4.52. The van der Waals surface area contributed by atoms with Crippen molar-refractivity contribution in [3.63, 3.8) is 0 Å². The second kappa shape index (κ2) is 7.39. The second-order valence-corrected chi connectivity index (χ2v) is 7.81. The van der Waals surface area contributed by atoms with Crippen molar-refractivity contribution in [3.8, 4) is 11.3 Å². The number of rotatable bonds is 3. The van der Waals surface area contributed by atoms with Gasteiger partial charge in [-0.15, -0.1) is 0 Å². The van der Waals surface area contributed by atoms with Crippen molar-refractivity contribution in [2.75, 3.05) is 5.32 Å². The Labute approximate surface area is 169 Å². The summed E-state index contributed by atoms with van der Waals surface area (Å²) in [5, 5.41) is 3.69. The molecule has 0 radical (unpaired) electrons. The number of fused-ring (bicyclic) bond motifs is 1. The number of carbonyl (C=O) groups is 1. The summed E-state index contributed by atoms with van der Waals surface area (Å²) in [5.74, 6) is 0.496. The molecule has 1 aromatic carbocycles. The Bertz CT molecular complexity index is 1170. The minimum absolute atomic E-state index is 0.150. The molecule has 3 aromatic heterocycles. The van der Waals surface area contributed by atoms with Crippen LogP contribution in [-0.2, 0) is 5.41 Å². The van der Waals surface area contributed by atoms with E-state index in [1.165, 1.54) is 0 Å². The molecule has 1 N–H and O–H groups in total. The van der Waals surface area contributed by atoms with Gasteiger partial charge in [0.25, 0.3) is 5.91 Å². The van der Waals surface area contributed by atoms with Crippen LogP contribution in [0.25, 0.3) is 22.2 Å². The summed E-state index contributed by atoms with van der Waals surface area (Å²) >= 11 is 0. The summed E-state index contributed by atoms with van der Waals surface area (Å²) in [7, 11) is 0. The van der Waals surface area contributed by atoms with E-state index in [0.29, 0.717) is 11.3 Å². The van der Waals surface area contributed by atoms with Gasteiger partial charge in [0.05, 0.1) is 34.9 Å². The van der Waals surface area contributed by atoms with Gasteiger partial charge in [-0.2, -0.15) is 0 Å². The molecule has 0 bridgehead atoms. The topological polar surface area (TPSA) is 80.7 Å². The van der Waals surface area contributed by atoms with Gasteiger partial charge in [0.2, 0.25) is 0 Å². The van der Waals surface area contributed by atoms with Gasteiger partial charge in [-0.1, -0.05) is 39.0 Å². The fraction of sp³-hybridized carbons (Fsp3) is 0.174. The molecule has 0 atom stereocenters. The number of nitrogens with zero attached hydrogens (tertiary/aromatic N) is 4. The first-order valence-electron chi connectivity index (χ1n) is 9.36. The van der Waals surface area contributed by atoms with Crippen molar-refractivity contribution < 1.29 is 4.79 Å². The van der Waals surface area contributed by atoms with E-state index >= 15 is 0 Å². The lowest BCUT2D eigenvalue weighted by Crippen LogP contribution is -2.17. The van der Waals surface area contributed by atoms with Crippen LogP contribution in [0.4, 0.5) is 5.69 Å². The van der Waals surface area contributed by atoms with Gasteiger partial charge in [0.1, 0.15) is 5.82 Å². The molecule has 0 fully saturated rings. The largest absolute Gasteiger partial charge is 0.319 e. The van der Waals surface area contributed by atoms with Crippen LogP contribution >= 0.6 is 0 Å². The number of para-hydroxylation sites is 1. The first-order valence-corrected chi connectivity index (χ1v) is 9.36. The van der Waals surface area contributed by atoms with Crippen LogP contribution in [0.1, 0.15) is 37.0 Å². The van der Waals surface area contributed by atoms with Crippen LogP contribution in [0, 0.1) is 0 Å². The number of amides is 1. The van der Waals surface area contributed by atoms with Gasteiger partial charge in [0.15, 0.2) is 0 Å². The van der Waals surface area contributed by atoms with Crippen molar-refractivity contribution in [3.05, 3.63) is 78.6 Å². The molecule has 3 heterocycles. The minimum atomic E-state index is -0.231. The third-order valence-corrected chi connectivity index (χ3v) is 4.52. The SMILES string of the molecule is CC(C)(C)c1ncc(NC(=O)c2cc(-c3ccncc3)nc3ccccc23)cn1. The predicted octanol–water partition coefficient (Wildman–Crippen LogP) is 4.64. The van der Waals surface area contributed by atoms with Crippen molar-refractivity contribution in [2.24, 2.45) is 0 Å². The summed E-state index contributed by atoms with van der Waals surface area (Å²) in [5.41, 5.74) is 3.32. The molecule has 0 aliphatic carbocycles. The quantitative estimate of drug-likeness (QED) is 0.557. The molecular formula is C23H21N5O. The molecule has 0 aliphatic heterocycles. The van der Waals surface area contributed by atoms with Crippen LogP contribution in [0.5, 0.6) is 0 Å². The number of benzene rings is 1. The maximum atomic E-state index is 13.1. The number of anilines is 1. The van der Waals surface area contributed by atoms with Crippen molar-refractivity contribution >= 4 is 22.5 Å². The fourth-order valence-electron chi connectivity index (χ4n) is 3.01. The van der Waals surface area contributed by atoms with Crippen molar-refractivity contribution in [1.29, 1.82) is 0 Å². The average molecular weight is 383 g/mol. The summed E-state index contributed by atoms with van der Waals surface area (Å²) in [6.07, 6.45) is 6.69. The van der Waals surface area contributed by atoms with Gasteiger partial charge in [-0.25, -0.2) is 15.0 Å². The Morgan fingerprint density at radius 2 is 1.66 bits per heavy atom. The summed E-state index contributed by atoms with van der Waals surface area (Å²) in [6, 6.07) is 13.2. The van der Waals surface area contributed by atoms with E-state index in [-0.39, 0.29) is 11.3 Å². The highest BCUT2D eigenvalue weighted by atomic mass is 16.1. The molecule has 4 rings (SSSR count). The molecule has 0 spiro atoms. The first kappa shape index (κ1) is 18.7. The number of hydrogen-bond acceptors (Lipinski definition) is 5. The molecule has 6 heteroatoms. The second-order valence-electron chi connectivity index (χ2n) is 7.81. The van der Waals surface area contributed by atoms with Gasteiger partial charge in [0, 0.05) is 28.8 Å². The van der Waals surface area contributed by atoms with E-state index in [2.05, 4.69) is 20.3 Å². The summed E-state index contributed by atoms with van der Waals surface area (Å²) < 4.78 is 0. The Balaban J connectivity index is 1.71. The van der Waals surface area contributed by atoms with E-state index < -0.39 is 0 Å². The molecule has 6 nitrogen and oxygen atoms in total. The van der Waals surface area contributed by atoms with Crippen LogP contribution in [0.2, 0.25) is 0 Å². The van der Waals surface area contributed by atoms with E-state index in [9.17, 15) is 4.79 Å². The molecule has 0 saturated carbocycles. The maximum Gasteiger partial charge on any atom is 0.256 e. The standard InChI is InChI=1S/C23H21N5O/c1-23(2,3)22-25-13-16(14-26-22)27-21(29)18-12-20(15-8-10-24-11-9-15)28-19-7-5-4-6-17(18)19/h4-14H,1-3H3,(H,27,29). The first-order chi connectivity index (χ1) is 13.9. The van der Waals surface area contributed by atoms with Gasteiger partial charge >= 0.3 is 0 Å². The third kappa shape index (κ3) is 3.96. The molecule has 144 valence electrons. The zero-order chi connectivity index (χ0) is 20.4. The van der Waals surface area contributed by atoms with Crippen LogP contribution in [0.15, 0.2) is 67.3 Å². The highest BCUT2D eigenvalue weighted by molar-refractivity contribution is 6.13. The lowest BCUT2D eigenvalue weighted by Gasteiger charge is -2.16. The smallest absolute Gasteiger partial charge is 0.256 e. The van der Waals surface area contributed by atoms with Gasteiger partial charge in [-0.3, -0.25) is 9.78 Å². The normalized spacial score (nSPS) is 11.4. The monoisotopic (exact) mass is 383 g/mol. The average Bonchev–Trinajstić information content (AvgIpc) is 2.73. The minimum Gasteiger partial charge on any atom is -0.319 e. The van der Waals surface area contributed by atoms with Gasteiger partial charge in [-0.05, 0) is 24.3 Å². The zero-order valence-electron chi connectivity index (χ0n) is 16.5. The zero-order valence-corrected chi connectivity index (χ0v) is 16.5. The van der Waals surface area contributed by atoms with E-state index in [0.717, 1.165) is 28.0 Å². The van der Waals surface area contributed by atoms with E-state index in [4.69, 9.17) is 4.98 Å². The molecular weight excluding hydrogens is 362 g/mol. The number of pyridine rings is 2. The number of aromatic nitrogens is 4. The van der Waals surface area contributed by atoms with Crippen molar-refractivity contribution in [1.82, 2.24) is 19.9 Å². The number of carbonyl (C=O) groups excluding carboxylic acids is 1. The van der Waals surface area contributed by atoms with Gasteiger partial charge < -0.3 is 5.32 Å². The maximum absolute atomic E-state index is 13.1. The molecule has 1 amide bonds. The molecule has 4 aromatic rings. The Kier molecular flexibility index (Phi) is 4.76. The fourth-order valence-corrected chi connectivity index (χ4v) is 3.01. The Morgan fingerprint density at radius 3 is 2.34 bits per heavy atom. The van der Waals surface area contributed by atoms with Crippen LogP contribution < -0.4 is 5.32 Å². The molecule has 0 saturated heterocycles. The van der Waals surface area contributed by atoms with E-state index in [1.54, 1.807) is 30.9 Å². The predicted molar refractivity (Wildman–Crippen MR) is 114 cm³/mol. The molecule has 29 heavy (non-hydrogen) atoms. The van der Waals surface area contributed by atoms with Crippen LogP contribution in [0.3, 0.4) is 0 Å². The van der Waals surface area contributed by atoms with Crippen LogP contribution in [-0.4, -0.2) is 25.8 Å². The molecule has 0 unspecified atom stereocenters. The molecule has 0 aliphatic rings. The number of nitrogens with one attached hydrogen (secondary N) is 1. The number of hydrogen-bond donors (Lipinski definition) is 1. The Hall–Kier alpha value is -3.67. The summed E-state index contributed by atoms with van der Waals surface area (Å²) in [4.78, 5) is 30.6. The highest BCUT2D eigenvalue weighted by Crippen LogP contribution is 2.25. The van der Waals surface area contributed by atoms with Crippen molar-refractivity contribution in [2.45, 2.75) is 26.2 Å². The Morgan fingerprint density at radius 1 is 0.966 bits per heavy atom. The lowest BCUT2D eigenvalue weighted by atomic mass is 9.96. The lowest BCUT2D eigenvalue weighted by molar-refractivity contribution is 0.102. The summed E-state index contributed by atoms with van der Waals surface area (Å²) in [6.45, 7) is 6.14. The highest BCUT2D eigenvalue weighted by Gasteiger charge is 2.18.